The first-order valence-electron chi connectivity index (χ1n) is 5.79. The monoisotopic (exact) mass is 260 g/mol. The number of nitrogens with zero attached hydrogens (tertiary/aromatic N) is 3. The van der Waals surface area contributed by atoms with Crippen LogP contribution in [0.1, 0.15) is 17.1 Å². The lowest BCUT2D eigenvalue weighted by atomic mass is 10.2. The van der Waals surface area contributed by atoms with Gasteiger partial charge in [0.15, 0.2) is 0 Å². The van der Waals surface area contributed by atoms with Crippen LogP contribution in [0.3, 0.4) is 0 Å². The van der Waals surface area contributed by atoms with E-state index in [2.05, 4.69) is 20.2 Å². The summed E-state index contributed by atoms with van der Waals surface area (Å²) in [5, 5.41) is 3.22. The molecule has 1 saturated heterocycles. The second kappa shape index (κ2) is 5.19. The molecule has 2 rings (SSSR count). The third-order valence-electron chi connectivity index (χ3n) is 2.94. The van der Waals surface area contributed by atoms with E-state index in [-0.39, 0.29) is 0 Å². The van der Waals surface area contributed by atoms with Gasteiger partial charge in [-0.3, -0.25) is 4.90 Å². The van der Waals surface area contributed by atoms with Crippen LogP contribution in [0.5, 0.6) is 0 Å². The van der Waals surface area contributed by atoms with Crippen molar-refractivity contribution in [3.05, 3.63) is 23.3 Å². The lowest BCUT2D eigenvalue weighted by molar-refractivity contribution is -0.145. The van der Waals surface area contributed by atoms with Gasteiger partial charge in [-0.2, -0.15) is 13.2 Å². The molecule has 18 heavy (non-hydrogen) atoms. The molecule has 1 fully saturated rings. The minimum Gasteiger partial charge on any atom is -0.314 e. The van der Waals surface area contributed by atoms with Gasteiger partial charge in [0.25, 0.3) is 0 Å². The van der Waals surface area contributed by atoms with Crippen LogP contribution in [-0.4, -0.2) is 41.0 Å². The van der Waals surface area contributed by atoms with E-state index in [1.165, 1.54) is 6.20 Å². The minimum absolute atomic E-state index is 0.399. The molecule has 2 heterocycles. The number of nitrogens with one attached hydrogen (secondary N) is 1. The van der Waals surface area contributed by atoms with Crippen LogP contribution in [0.2, 0.25) is 0 Å². The van der Waals surface area contributed by atoms with Gasteiger partial charge in [0.1, 0.15) is 0 Å². The first-order chi connectivity index (χ1) is 8.47. The topological polar surface area (TPSA) is 41.1 Å². The van der Waals surface area contributed by atoms with Crippen LogP contribution in [0, 0.1) is 6.92 Å². The summed E-state index contributed by atoms with van der Waals surface area (Å²) in [6.07, 6.45) is -3.19. The SMILES string of the molecule is Cc1nc(C(F)(F)F)ncc1CN1CCNCC1. The van der Waals surface area contributed by atoms with E-state index in [9.17, 15) is 13.2 Å². The van der Waals surface area contributed by atoms with Crippen LogP contribution < -0.4 is 5.32 Å². The van der Waals surface area contributed by atoms with E-state index in [0.717, 1.165) is 31.7 Å². The molecule has 0 unspecified atom stereocenters. The molecule has 0 amide bonds. The summed E-state index contributed by atoms with van der Waals surface area (Å²) in [5.41, 5.74) is 1.15. The first kappa shape index (κ1) is 13.2. The maximum absolute atomic E-state index is 12.4. The predicted molar refractivity (Wildman–Crippen MR) is 59.9 cm³/mol. The summed E-state index contributed by atoms with van der Waals surface area (Å²) >= 11 is 0. The van der Waals surface area contributed by atoms with E-state index < -0.39 is 12.0 Å². The number of piperazine rings is 1. The van der Waals surface area contributed by atoms with Crippen molar-refractivity contribution in [2.24, 2.45) is 0 Å². The molecule has 100 valence electrons. The van der Waals surface area contributed by atoms with Crippen LogP contribution in [0.25, 0.3) is 0 Å². The zero-order chi connectivity index (χ0) is 13.2. The highest BCUT2D eigenvalue weighted by Crippen LogP contribution is 2.26. The van der Waals surface area contributed by atoms with Crippen molar-refractivity contribution >= 4 is 0 Å². The van der Waals surface area contributed by atoms with Crippen molar-refractivity contribution in [2.75, 3.05) is 26.2 Å². The zero-order valence-corrected chi connectivity index (χ0v) is 10.1. The van der Waals surface area contributed by atoms with Gasteiger partial charge >= 0.3 is 6.18 Å². The number of alkyl halides is 3. The van der Waals surface area contributed by atoms with Crippen molar-refractivity contribution in [1.29, 1.82) is 0 Å². The fourth-order valence-corrected chi connectivity index (χ4v) is 1.89. The number of aromatic nitrogens is 2. The number of hydrogen-bond acceptors (Lipinski definition) is 4. The van der Waals surface area contributed by atoms with Gasteiger partial charge in [-0.15, -0.1) is 0 Å². The van der Waals surface area contributed by atoms with Crippen LogP contribution in [0.15, 0.2) is 6.20 Å². The molecule has 0 spiro atoms. The molecule has 4 nitrogen and oxygen atoms in total. The maximum atomic E-state index is 12.4. The molecule has 0 atom stereocenters. The van der Waals surface area contributed by atoms with Gasteiger partial charge in [-0.1, -0.05) is 0 Å². The molecule has 1 aliphatic rings. The normalized spacial score (nSPS) is 18.0. The molecule has 0 aromatic carbocycles. The van der Waals surface area contributed by atoms with Gasteiger partial charge in [-0.25, -0.2) is 9.97 Å². The molecular formula is C11H15F3N4. The van der Waals surface area contributed by atoms with Crippen LogP contribution in [0.4, 0.5) is 13.2 Å². The second-order valence-electron chi connectivity index (χ2n) is 4.33. The van der Waals surface area contributed by atoms with E-state index in [1.807, 2.05) is 0 Å². The Balaban J connectivity index is 2.09. The van der Waals surface area contributed by atoms with Gasteiger partial charge in [-0.05, 0) is 6.92 Å². The van der Waals surface area contributed by atoms with Crippen molar-refractivity contribution in [2.45, 2.75) is 19.6 Å². The molecule has 7 heteroatoms. The average molecular weight is 260 g/mol. The van der Waals surface area contributed by atoms with Gasteiger partial charge in [0.2, 0.25) is 5.82 Å². The number of halogens is 3. The van der Waals surface area contributed by atoms with E-state index in [1.54, 1.807) is 6.92 Å². The van der Waals surface area contributed by atoms with Crippen LogP contribution >= 0.6 is 0 Å². The third kappa shape index (κ3) is 3.17. The summed E-state index contributed by atoms with van der Waals surface area (Å²) in [6, 6.07) is 0. The standard InChI is InChI=1S/C11H15F3N4/c1-8-9(7-18-4-2-15-3-5-18)6-16-10(17-8)11(12,13)14/h6,15H,2-5,7H2,1H3. The Labute approximate surface area is 103 Å². The largest absolute Gasteiger partial charge is 0.451 e. The Bertz CT molecular complexity index is 413. The number of aryl methyl sites for hydroxylation is 1. The molecular weight excluding hydrogens is 245 g/mol. The summed E-state index contributed by atoms with van der Waals surface area (Å²) in [4.78, 5) is 9.11. The maximum Gasteiger partial charge on any atom is 0.451 e. The Morgan fingerprint density at radius 1 is 1.33 bits per heavy atom. The van der Waals surface area contributed by atoms with E-state index in [0.29, 0.717) is 12.2 Å². The van der Waals surface area contributed by atoms with Crippen molar-refractivity contribution < 1.29 is 13.2 Å². The van der Waals surface area contributed by atoms with Gasteiger partial charge in [0.05, 0.1) is 0 Å². The van der Waals surface area contributed by atoms with Crippen molar-refractivity contribution in [3.8, 4) is 0 Å². The summed E-state index contributed by atoms with van der Waals surface area (Å²) < 4.78 is 37.2. The Kier molecular flexibility index (Phi) is 3.82. The number of rotatable bonds is 2. The minimum atomic E-state index is -4.47. The molecule has 1 aromatic rings. The smallest absolute Gasteiger partial charge is 0.314 e. The highest BCUT2D eigenvalue weighted by atomic mass is 19.4. The van der Waals surface area contributed by atoms with E-state index >= 15 is 0 Å². The lowest BCUT2D eigenvalue weighted by Crippen LogP contribution is -2.43. The molecule has 0 radical (unpaired) electrons. The number of hydrogen-bond donors (Lipinski definition) is 1. The Hall–Kier alpha value is -1.21. The van der Waals surface area contributed by atoms with Crippen molar-refractivity contribution in [3.63, 3.8) is 0 Å². The molecule has 0 saturated carbocycles. The van der Waals surface area contributed by atoms with Crippen molar-refractivity contribution in [1.82, 2.24) is 20.2 Å². The molecule has 1 aliphatic heterocycles. The average Bonchev–Trinajstić information content (AvgIpc) is 2.32. The molecule has 1 N–H and O–H groups in total. The summed E-state index contributed by atoms with van der Waals surface area (Å²) in [7, 11) is 0. The third-order valence-corrected chi connectivity index (χ3v) is 2.94. The van der Waals surface area contributed by atoms with E-state index in [4.69, 9.17) is 0 Å². The quantitative estimate of drug-likeness (QED) is 0.867. The summed E-state index contributed by atoms with van der Waals surface area (Å²) in [5.74, 6) is -1.07. The lowest BCUT2D eigenvalue weighted by Gasteiger charge is -2.27. The zero-order valence-electron chi connectivity index (χ0n) is 10.1. The second-order valence-corrected chi connectivity index (χ2v) is 4.33. The van der Waals surface area contributed by atoms with Gasteiger partial charge < -0.3 is 5.32 Å². The highest BCUT2D eigenvalue weighted by Gasteiger charge is 2.34. The Morgan fingerprint density at radius 3 is 2.56 bits per heavy atom. The highest BCUT2D eigenvalue weighted by molar-refractivity contribution is 5.17. The predicted octanol–water partition coefficient (Wildman–Crippen LogP) is 1.21. The summed E-state index contributed by atoms with van der Waals surface area (Å²) in [6.45, 7) is 5.78. The van der Waals surface area contributed by atoms with Crippen LogP contribution in [-0.2, 0) is 12.7 Å². The fourth-order valence-electron chi connectivity index (χ4n) is 1.89. The molecule has 1 aromatic heterocycles. The first-order valence-corrected chi connectivity index (χ1v) is 5.79. The fraction of sp³-hybridized carbons (Fsp3) is 0.636. The van der Waals surface area contributed by atoms with Gasteiger partial charge in [0, 0.05) is 50.2 Å². The Morgan fingerprint density at radius 2 is 2.00 bits per heavy atom. The molecule has 0 aliphatic carbocycles. The molecule has 0 bridgehead atoms.